The molecular formula is C14H18ClFO. The highest BCUT2D eigenvalue weighted by Gasteiger charge is 2.20. The average Bonchev–Trinajstić information content (AvgIpc) is 2.37. The van der Waals surface area contributed by atoms with E-state index in [4.69, 9.17) is 16.3 Å². The van der Waals surface area contributed by atoms with Gasteiger partial charge in [-0.1, -0.05) is 12.1 Å². The molecule has 1 unspecified atom stereocenters. The van der Waals surface area contributed by atoms with Gasteiger partial charge in [0, 0.05) is 19.1 Å². The number of alkyl halides is 1. The van der Waals surface area contributed by atoms with E-state index in [1.54, 1.807) is 12.1 Å². The lowest BCUT2D eigenvalue weighted by Crippen LogP contribution is -2.18. The molecule has 1 heterocycles. The molecule has 0 bridgehead atoms. The smallest absolute Gasteiger partial charge is 0.123 e. The van der Waals surface area contributed by atoms with Gasteiger partial charge in [-0.05, 0) is 48.8 Å². The minimum Gasteiger partial charge on any atom is -0.381 e. The fourth-order valence-corrected chi connectivity index (χ4v) is 2.74. The number of hydrogen-bond donors (Lipinski definition) is 0. The van der Waals surface area contributed by atoms with Crippen molar-refractivity contribution < 1.29 is 9.13 Å². The molecule has 1 fully saturated rings. The van der Waals surface area contributed by atoms with Crippen molar-refractivity contribution in [3.63, 3.8) is 0 Å². The Labute approximate surface area is 107 Å². The van der Waals surface area contributed by atoms with Crippen molar-refractivity contribution in [2.24, 2.45) is 5.92 Å². The van der Waals surface area contributed by atoms with E-state index in [1.165, 1.54) is 6.07 Å². The summed E-state index contributed by atoms with van der Waals surface area (Å²) in [4.78, 5) is 0. The Balaban J connectivity index is 2.00. The van der Waals surface area contributed by atoms with Crippen molar-refractivity contribution in [1.82, 2.24) is 0 Å². The van der Waals surface area contributed by atoms with E-state index in [9.17, 15) is 4.39 Å². The van der Waals surface area contributed by atoms with Crippen LogP contribution in [0.5, 0.6) is 0 Å². The first-order valence-electron chi connectivity index (χ1n) is 6.18. The molecule has 1 aliphatic heterocycles. The van der Waals surface area contributed by atoms with E-state index in [0.717, 1.165) is 38.0 Å². The summed E-state index contributed by atoms with van der Waals surface area (Å²) in [7, 11) is 0. The Morgan fingerprint density at radius 1 is 1.35 bits per heavy atom. The van der Waals surface area contributed by atoms with Crippen LogP contribution < -0.4 is 0 Å². The Hall–Kier alpha value is -0.600. The summed E-state index contributed by atoms with van der Waals surface area (Å²) in [5.74, 6) is 1.30. The molecule has 3 heteroatoms. The van der Waals surface area contributed by atoms with Gasteiger partial charge in [-0.2, -0.15) is 0 Å². The molecule has 0 saturated carbocycles. The fourth-order valence-electron chi connectivity index (χ4n) is 2.43. The van der Waals surface area contributed by atoms with Crippen LogP contribution >= 0.6 is 11.6 Å². The second kappa shape index (κ2) is 6.36. The van der Waals surface area contributed by atoms with Gasteiger partial charge in [0.1, 0.15) is 5.82 Å². The quantitative estimate of drug-likeness (QED) is 0.741. The van der Waals surface area contributed by atoms with Gasteiger partial charge in [-0.3, -0.25) is 0 Å². The highest BCUT2D eigenvalue weighted by Crippen LogP contribution is 2.30. The maximum atomic E-state index is 13.2. The van der Waals surface area contributed by atoms with Crippen LogP contribution in [0.25, 0.3) is 0 Å². The number of hydrogen-bond acceptors (Lipinski definition) is 1. The van der Waals surface area contributed by atoms with Crippen LogP contribution in [0.1, 0.15) is 30.7 Å². The average molecular weight is 257 g/mol. The molecule has 0 aliphatic carbocycles. The minimum atomic E-state index is -0.176. The predicted molar refractivity (Wildman–Crippen MR) is 68.0 cm³/mol. The summed E-state index contributed by atoms with van der Waals surface area (Å²) in [6, 6.07) is 6.80. The molecule has 0 aromatic heterocycles. The number of halogens is 2. The van der Waals surface area contributed by atoms with Crippen LogP contribution in [0.15, 0.2) is 24.3 Å². The van der Waals surface area contributed by atoms with E-state index in [1.807, 2.05) is 6.07 Å². The summed E-state index contributed by atoms with van der Waals surface area (Å²) in [6.07, 6.45) is 3.24. The Morgan fingerprint density at radius 2 is 2.12 bits per heavy atom. The van der Waals surface area contributed by atoms with Crippen molar-refractivity contribution >= 4 is 11.6 Å². The normalized spacial score (nSPS) is 19.2. The van der Waals surface area contributed by atoms with Gasteiger partial charge in [0.15, 0.2) is 0 Å². The number of benzene rings is 1. The van der Waals surface area contributed by atoms with Gasteiger partial charge < -0.3 is 4.74 Å². The zero-order valence-electron chi connectivity index (χ0n) is 9.87. The van der Waals surface area contributed by atoms with Crippen molar-refractivity contribution in [2.75, 3.05) is 19.1 Å². The first kappa shape index (κ1) is 12.8. The third-order valence-electron chi connectivity index (χ3n) is 3.47. The summed E-state index contributed by atoms with van der Waals surface area (Å²) in [5.41, 5.74) is 1.02. The largest absolute Gasteiger partial charge is 0.381 e. The number of ether oxygens (including phenoxy) is 1. The third-order valence-corrected chi connectivity index (χ3v) is 3.84. The lowest BCUT2D eigenvalue weighted by atomic mass is 9.86. The molecule has 1 nitrogen and oxygen atoms in total. The maximum absolute atomic E-state index is 13.2. The Bertz CT molecular complexity index is 350. The highest BCUT2D eigenvalue weighted by molar-refractivity contribution is 6.18. The fraction of sp³-hybridized carbons (Fsp3) is 0.571. The molecule has 1 saturated heterocycles. The van der Waals surface area contributed by atoms with Crippen LogP contribution in [-0.2, 0) is 4.74 Å². The summed E-state index contributed by atoms with van der Waals surface area (Å²) >= 11 is 6.02. The summed E-state index contributed by atoms with van der Waals surface area (Å²) in [6.45, 7) is 1.70. The van der Waals surface area contributed by atoms with Gasteiger partial charge in [0.2, 0.25) is 0 Å². The maximum Gasteiger partial charge on any atom is 0.123 e. The van der Waals surface area contributed by atoms with Crippen LogP contribution in [0.4, 0.5) is 4.39 Å². The summed E-state index contributed by atoms with van der Waals surface area (Å²) < 4.78 is 18.5. The molecule has 1 atom stereocenters. The second-order valence-electron chi connectivity index (χ2n) is 4.70. The second-order valence-corrected chi connectivity index (χ2v) is 5.01. The molecule has 0 radical (unpaired) electrons. The molecular weight excluding hydrogens is 239 g/mol. The van der Waals surface area contributed by atoms with Crippen LogP contribution in [-0.4, -0.2) is 19.1 Å². The van der Waals surface area contributed by atoms with E-state index >= 15 is 0 Å². The van der Waals surface area contributed by atoms with Crippen LogP contribution in [0.3, 0.4) is 0 Å². The molecule has 1 aliphatic rings. The van der Waals surface area contributed by atoms with Crippen LogP contribution in [0, 0.1) is 11.7 Å². The van der Waals surface area contributed by atoms with E-state index in [2.05, 4.69) is 0 Å². The molecule has 17 heavy (non-hydrogen) atoms. The molecule has 1 aromatic rings. The Morgan fingerprint density at radius 3 is 2.76 bits per heavy atom. The van der Waals surface area contributed by atoms with E-state index in [0.29, 0.717) is 11.8 Å². The lowest BCUT2D eigenvalue weighted by Gasteiger charge is -2.26. The van der Waals surface area contributed by atoms with Gasteiger partial charge in [0.25, 0.3) is 0 Å². The van der Waals surface area contributed by atoms with Crippen LogP contribution in [0.2, 0.25) is 0 Å². The minimum absolute atomic E-state index is 0.176. The first-order valence-corrected chi connectivity index (χ1v) is 6.72. The van der Waals surface area contributed by atoms with Gasteiger partial charge in [0.05, 0.1) is 0 Å². The van der Waals surface area contributed by atoms with E-state index < -0.39 is 0 Å². The molecule has 0 spiro atoms. The van der Waals surface area contributed by atoms with Crippen molar-refractivity contribution in [1.29, 1.82) is 0 Å². The standard InChI is InChI=1S/C14H18ClFO/c15-10-13(8-11-4-6-17-7-5-11)12-2-1-3-14(16)9-12/h1-3,9,11,13H,4-8,10H2. The first-order chi connectivity index (χ1) is 8.29. The third kappa shape index (κ3) is 3.68. The topological polar surface area (TPSA) is 9.23 Å². The van der Waals surface area contributed by atoms with Gasteiger partial charge in [-0.15, -0.1) is 11.6 Å². The van der Waals surface area contributed by atoms with Crippen molar-refractivity contribution in [2.45, 2.75) is 25.2 Å². The number of rotatable bonds is 4. The highest BCUT2D eigenvalue weighted by atomic mass is 35.5. The summed E-state index contributed by atoms with van der Waals surface area (Å²) in [5, 5.41) is 0. The van der Waals surface area contributed by atoms with Gasteiger partial charge >= 0.3 is 0 Å². The van der Waals surface area contributed by atoms with E-state index in [-0.39, 0.29) is 11.7 Å². The molecule has 0 amide bonds. The molecule has 0 N–H and O–H groups in total. The zero-order chi connectivity index (χ0) is 12.1. The SMILES string of the molecule is Fc1cccc(C(CCl)CC2CCOCC2)c1. The van der Waals surface area contributed by atoms with Crippen molar-refractivity contribution in [3.8, 4) is 0 Å². The molecule has 1 aromatic carbocycles. The molecule has 94 valence electrons. The molecule has 2 rings (SSSR count). The Kier molecular flexibility index (Phi) is 4.81. The predicted octanol–water partition coefficient (Wildman–Crippen LogP) is 3.96. The van der Waals surface area contributed by atoms with Gasteiger partial charge in [-0.25, -0.2) is 4.39 Å². The monoisotopic (exact) mass is 256 g/mol. The zero-order valence-corrected chi connectivity index (χ0v) is 10.6. The lowest BCUT2D eigenvalue weighted by molar-refractivity contribution is 0.0622. The van der Waals surface area contributed by atoms with Crippen molar-refractivity contribution in [3.05, 3.63) is 35.6 Å².